The average Bonchev–Trinajstić information content (AvgIpc) is 3.23. The number of carbonyl (C=O) groups excluding carboxylic acids is 2. The molecule has 4 rings (SSSR count). The molecule has 2 fully saturated rings. The van der Waals surface area contributed by atoms with E-state index in [4.69, 9.17) is 4.74 Å². The monoisotopic (exact) mass is 528 g/mol. The Bertz CT molecular complexity index is 1060. The molecule has 1 aromatic carbocycles. The number of rotatable bonds is 8. The molecule has 3 aliphatic heterocycles. The van der Waals surface area contributed by atoms with Crippen molar-refractivity contribution < 1.29 is 19.4 Å². The third-order valence-electron chi connectivity index (χ3n) is 7.33. The van der Waals surface area contributed by atoms with Gasteiger partial charge >= 0.3 is 0 Å². The zero-order valence-electron chi connectivity index (χ0n) is 22.1. The van der Waals surface area contributed by atoms with Crippen molar-refractivity contribution in [3.05, 3.63) is 36.0 Å². The summed E-state index contributed by atoms with van der Waals surface area (Å²) < 4.78 is 10.3. The van der Waals surface area contributed by atoms with Crippen molar-refractivity contribution in [1.82, 2.24) is 4.90 Å². The Morgan fingerprint density at radius 1 is 1.27 bits per heavy atom. The van der Waals surface area contributed by atoms with E-state index in [0.29, 0.717) is 12.1 Å². The molecular formula is C28H40N4O4S. The number of hydrogen-bond donors (Lipinski definition) is 2. The summed E-state index contributed by atoms with van der Waals surface area (Å²) in [6, 6.07) is 7.67. The van der Waals surface area contributed by atoms with Gasteiger partial charge in [-0.15, -0.1) is 0 Å². The van der Waals surface area contributed by atoms with Crippen molar-refractivity contribution in [2.45, 2.75) is 64.3 Å². The molecule has 0 radical (unpaired) electrons. The molecule has 2 amide bonds. The predicted octanol–water partition coefficient (Wildman–Crippen LogP) is 3.68. The highest BCUT2D eigenvalue weighted by Crippen LogP contribution is 2.30. The first-order chi connectivity index (χ1) is 17.8. The van der Waals surface area contributed by atoms with Crippen LogP contribution < -0.4 is 5.32 Å². The number of nitrogens with zero attached hydrogens (tertiary/aromatic N) is 3. The summed E-state index contributed by atoms with van der Waals surface area (Å²) in [5.74, 6) is 0.467. The van der Waals surface area contributed by atoms with E-state index >= 15 is 0 Å². The van der Waals surface area contributed by atoms with Crippen LogP contribution in [-0.2, 0) is 25.0 Å². The van der Waals surface area contributed by atoms with Gasteiger partial charge in [-0.1, -0.05) is 29.7 Å². The number of aliphatic hydroxyl groups excluding tert-OH is 1. The highest BCUT2D eigenvalue weighted by Gasteiger charge is 2.35. The molecule has 202 valence electrons. The fourth-order valence-corrected chi connectivity index (χ4v) is 6.33. The summed E-state index contributed by atoms with van der Waals surface area (Å²) in [5.41, 5.74) is 2.59. The molecule has 0 bridgehead atoms. The summed E-state index contributed by atoms with van der Waals surface area (Å²) in [5, 5.41) is 12.6. The Labute approximate surface area is 222 Å². The van der Waals surface area contributed by atoms with E-state index in [2.05, 4.69) is 19.6 Å². The molecule has 3 heterocycles. The topological polar surface area (TPSA) is 104 Å². The quantitative estimate of drug-likeness (QED) is 0.536. The Morgan fingerprint density at radius 2 is 2.05 bits per heavy atom. The van der Waals surface area contributed by atoms with Gasteiger partial charge in [0.1, 0.15) is 6.10 Å². The van der Waals surface area contributed by atoms with Crippen LogP contribution >= 0.6 is 0 Å². The lowest BCUT2D eigenvalue weighted by Crippen LogP contribution is -2.36. The van der Waals surface area contributed by atoms with Gasteiger partial charge in [-0.3, -0.25) is 14.6 Å². The number of amides is 2. The largest absolute Gasteiger partial charge is 0.393 e. The van der Waals surface area contributed by atoms with Gasteiger partial charge in [0.05, 0.1) is 18.1 Å². The first kappa shape index (κ1) is 27.8. The molecule has 1 aromatic rings. The third kappa shape index (κ3) is 7.89. The number of allylic oxidation sites excluding steroid dienone is 1. The minimum atomic E-state index is -0.434. The predicted molar refractivity (Wildman–Crippen MR) is 150 cm³/mol. The second kappa shape index (κ2) is 13.0. The number of ether oxygens (including phenoxy) is 1. The number of nitrogens with one attached hydrogen (secondary N) is 1. The molecule has 0 aliphatic carbocycles. The Morgan fingerprint density at radius 3 is 2.78 bits per heavy atom. The zero-order chi connectivity index (χ0) is 26.4. The van der Waals surface area contributed by atoms with Crippen molar-refractivity contribution in [1.29, 1.82) is 0 Å². The van der Waals surface area contributed by atoms with E-state index in [0.717, 1.165) is 62.2 Å². The first-order valence-electron chi connectivity index (χ1n) is 13.4. The highest BCUT2D eigenvalue weighted by atomic mass is 32.2. The number of aliphatic imine (C=N–C) groups is 1. The fraction of sp³-hybridized carbons (Fsp3) is 0.607. The van der Waals surface area contributed by atoms with Crippen LogP contribution in [0.15, 0.2) is 39.8 Å². The summed E-state index contributed by atoms with van der Waals surface area (Å²) >= 11 is 0. The van der Waals surface area contributed by atoms with Gasteiger partial charge < -0.3 is 20.1 Å². The fourth-order valence-electron chi connectivity index (χ4n) is 5.25. The van der Waals surface area contributed by atoms with Crippen LogP contribution in [0.2, 0.25) is 0 Å². The number of piperidine rings is 1. The highest BCUT2D eigenvalue weighted by molar-refractivity contribution is 7.86. The molecule has 0 spiro atoms. The third-order valence-corrected chi connectivity index (χ3v) is 8.70. The SMILES string of the molecule is CC1CC(C)C(C(=O)Nc2cccc(C3=CN=CC(C(=O)N=S(C)CCCN4CCC(O)CC4)C3)c2)O1. The Hall–Kier alpha value is -2.20. The molecule has 2 saturated heterocycles. The van der Waals surface area contributed by atoms with Gasteiger partial charge in [0, 0.05) is 36.9 Å². The molecule has 5 unspecified atom stereocenters. The van der Waals surface area contributed by atoms with E-state index in [9.17, 15) is 14.7 Å². The van der Waals surface area contributed by atoms with Crippen molar-refractivity contribution in [3.63, 3.8) is 0 Å². The van der Waals surface area contributed by atoms with Gasteiger partial charge in [-0.05, 0) is 81.0 Å². The second-order valence-corrected chi connectivity index (χ2v) is 12.4. The van der Waals surface area contributed by atoms with Crippen molar-refractivity contribution in [3.8, 4) is 0 Å². The Kier molecular flexibility index (Phi) is 9.81. The average molecular weight is 529 g/mol. The van der Waals surface area contributed by atoms with Gasteiger partial charge in [-0.2, -0.15) is 4.36 Å². The molecule has 9 heteroatoms. The maximum Gasteiger partial charge on any atom is 0.260 e. The molecule has 37 heavy (non-hydrogen) atoms. The van der Waals surface area contributed by atoms with Crippen molar-refractivity contribution >= 4 is 40.0 Å². The summed E-state index contributed by atoms with van der Waals surface area (Å²) in [6.07, 6.45) is 9.12. The second-order valence-electron chi connectivity index (χ2n) is 10.6. The van der Waals surface area contributed by atoms with Gasteiger partial charge in [0.15, 0.2) is 0 Å². The molecule has 0 aromatic heterocycles. The van der Waals surface area contributed by atoms with Crippen LogP contribution in [0.25, 0.3) is 5.57 Å². The van der Waals surface area contributed by atoms with Crippen LogP contribution in [0.5, 0.6) is 0 Å². The lowest BCUT2D eigenvalue weighted by Gasteiger charge is -2.29. The number of aliphatic hydroxyl groups is 1. The molecular weight excluding hydrogens is 488 g/mol. The zero-order valence-corrected chi connectivity index (χ0v) is 23.0. The number of benzene rings is 1. The summed E-state index contributed by atoms with van der Waals surface area (Å²) in [4.78, 5) is 32.4. The minimum Gasteiger partial charge on any atom is -0.393 e. The van der Waals surface area contributed by atoms with Crippen LogP contribution in [-0.4, -0.2) is 78.0 Å². The summed E-state index contributed by atoms with van der Waals surface area (Å²) in [7, 11) is -0.327. The number of carbonyl (C=O) groups is 2. The van der Waals surface area contributed by atoms with Crippen LogP contribution in [0, 0.1) is 11.8 Å². The molecule has 0 saturated carbocycles. The number of anilines is 1. The maximum atomic E-state index is 12.9. The molecule has 5 atom stereocenters. The maximum absolute atomic E-state index is 12.9. The van der Waals surface area contributed by atoms with Gasteiger partial charge in [0.25, 0.3) is 11.8 Å². The lowest BCUT2D eigenvalue weighted by molar-refractivity contribution is -0.127. The van der Waals surface area contributed by atoms with Crippen LogP contribution in [0.4, 0.5) is 5.69 Å². The normalized spacial score (nSPS) is 27.7. The van der Waals surface area contributed by atoms with Crippen molar-refractivity contribution in [2.75, 3.05) is 37.0 Å². The van der Waals surface area contributed by atoms with E-state index in [1.807, 2.05) is 44.4 Å². The van der Waals surface area contributed by atoms with E-state index in [1.165, 1.54) is 0 Å². The van der Waals surface area contributed by atoms with Gasteiger partial charge in [-0.25, -0.2) is 0 Å². The molecule has 3 aliphatic rings. The number of likely N-dealkylation sites (tertiary alicyclic amines) is 1. The van der Waals surface area contributed by atoms with Crippen LogP contribution in [0.1, 0.15) is 51.5 Å². The molecule has 2 N–H and O–H groups in total. The lowest BCUT2D eigenvalue weighted by atomic mass is 9.93. The van der Waals surface area contributed by atoms with E-state index < -0.39 is 6.10 Å². The number of hydrogen-bond acceptors (Lipinski definition) is 6. The van der Waals surface area contributed by atoms with Crippen LogP contribution in [0.3, 0.4) is 0 Å². The molecule has 8 nitrogen and oxygen atoms in total. The Balaban J connectivity index is 1.29. The minimum absolute atomic E-state index is 0.0928. The van der Waals surface area contributed by atoms with E-state index in [-0.39, 0.29) is 46.5 Å². The van der Waals surface area contributed by atoms with Crippen molar-refractivity contribution in [2.24, 2.45) is 21.2 Å². The first-order valence-corrected chi connectivity index (χ1v) is 15.1. The van der Waals surface area contributed by atoms with Gasteiger partial charge in [0.2, 0.25) is 0 Å². The summed E-state index contributed by atoms with van der Waals surface area (Å²) in [6.45, 7) is 6.91. The smallest absolute Gasteiger partial charge is 0.260 e. The van der Waals surface area contributed by atoms with E-state index in [1.54, 1.807) is 12.4 Å². The standard InChI is InChI=1S/C28H40N4O4S/c1-19-14-20(2)36-26(19)28(35)30-24-7-4-6-21(16-24)22-15-23(18-29-17-22)27(34)31-37(3)13-5-10-32-11-8-25(33)9-12-32/h4,6-7,16-20,23,25-26,33H,5,8-15H2,1-3H3,(H,30,35).